The van der Waals surface area contributed by atoms with Crippen molar-refractivity contribution in [1.29, 1.82) is 0 Å². The normalized spacial score (nSPS) is 10.5. The highest BCUT2D eigenvalue weighted by Crippen LogP contribution is 2.44. The van der Waals surface area contributed by atoms with Crippen LogP contribution >= 0.6 is 22.7 Å². The molecule has 0 amide bonds. The van der Waals surface area contributed by atoms with Crippen LogP contribution in [0.2, 0.25) is 0 Å². The Balaban J connectivity index is 0.000000284. The number of hydrogen-bond acceptors (Lipinski definition) is 5. The van der Waals surface area contributed by atoms with E-state index in [0.717, 1.165) is 28.7 Å². The molecule has 300 valence electrons. The molecule has 58 heavy (non-hydrogen) atoms. The van der Waals surface area contributed by atoms with Gasteiger partial charge in [-0.05, 0) is 120 Å². The van der Waals surface area contributed by atoms with E-state index in [1.54, 1.807) is 18.8 Å². The van der Waals surface area contributed by atoms with Crippen LogP contribution in [0.1, 0.15) is 88.8 Å². The van der Waals surface area contributed by atoms with Crippen LogP contribution in [0, 0.1) is 27.7 Å². The predicted octanol–water partition coefficient (Wildman–Crippen LogP) is 18.3. The molecule has 5 heterocycles. The molecule has 0 saturated heterocycles. The SMILES string of the molecule is CC.CC.CC.CC.Cc1ccc(-c2ccc(-c3ccc(Cc4ccc(C)c5occc45)c4sccc34)c3sccc23)c2occc12.Cc1ccc(C)c2occc12. The van der Waals surface area contributed by atoms with Crippen molar-refractivity contribution in [2.24, 2.45) is 0 Å². The minimum atomic E-state index is 0.882. The van der Waals surface area contributed by atoms with E-state index >= 15 is 0 Å². The first-order chi connectivity index (χ1) is 28.5. The fourth-order valence-corrected chi connectivity index (χ4v) is 9.26. The van der Waals surface area contributed by atoms with Crippen molar-refractivity contribution < 1.29 is 13.3 Å². The Morgan fingerprint density at radius 1 is 0.345 bits per heavy atom. The average molecular weight is 807 g/mol. The lowest BCUT2D eigenvalue weighted by atomic mass is 9.92. The number of furan rings is 3. The number of rotatable bonds is 4. The summed E-state index contributed by atoms with van der Waals surface area (Å²) in [6.07, 6.45) is 6.22. The van der Waals surface area contributed by atoms with Gasteiger partial charge in [0.25, 0.3) is 0 Å². The highest BCUT2D eigenvalue weighted by atomic mass is 32.1. The molecule has 0 atom stereocenters. The molecule has 0 N–H and O–H groups in total. The van der Waals surface area contributed by atoms with Gasteiger partial charge in [-0.3, -0.25) is 0 Å². The lowest BCUT2D eigenvalue weighted by Crippen LogP contribution is -1.92. The Morgan fingerprint density at radius 3 is 1.40 bits per heavy atom. The van der Waals surface area contributed by atoms with Crippen LogP contribution in [0.5, 0.6) is 0 Å². The molecular formula is C53H58O3S2. The zero-order valence-electron chi connectivity index (χ0n) is 36.3. The van der Waals surface area contributed by atoms with E-state index in [1.165, 1.54) is 86.4 Å². The van der Waals surface area contributed by atoms with E-state index in [4.69, 9.17) is 13.3 Å². The van der Waals surface area contributed by atoms with Crippen molar-refractivity contribution in [2.75, 3.05) is 0 Å². The first-order valence-corrected chi connectivity index (χ1v) is 22.6. The topological polar surface area (TPSA) is 39.4 Å². The summed E-state index contributed by atoms with van der Waals surface area (Å²) in [5.74, 6) is 0. The van der Waals surface area contributed by atoms with Crippen molar-refractivity contribution in [2.45, 2.75) is 89.5 Å². The minimum absolute atomic E-state index is 0.882. The van der Waals surface area contributed by atoms with Gasteiger partial charge in [0.05, 0.1) is 18.8 Å². The molecule has 10 aromatic rings. The Morgan fingerprint density at radius 2 is 0.759 bits per heavy atom. The lowest BCUT2D eigenvalue weighted by Gasteiger charge is -2.13. The van der Waals surface area contributed by atoms with Crippen LogP contribution in [-0.4, -0.2) is 0 Å². The van der Waals surface area contributed by atoms with E-state index in [0.29, 0.717) is 0 Å². The van der Waals surface area contributed by atoms with Gasteiger partial charge in [-0.25, -0.2) is 0 Å². The standard InChI is InChI=1S/C35H24O2S2.C10H10O.4C2H6/c1-20-4-7-28(33-24(20)11-15-37-33)26-9-10-29(35-31(26)14-18-39-35)27-8-6-23(34-30(27)13-17-38-34)19-22-5-3-21(2)32-25(22)12-16-36-32;1-7-3-4-8(2)10-9(7)5-6-11-10;4*1-2/h3-18H,19H2,1-2H3;3-6H,1-2H3;4*1-2H3. The van der Waals surface area contributed by atoms with Crippen LogP contribution in [0.3, 0.4) is 0 Å². The van der Waals surface area contributed by atoms with Crippen molar-refractivity contribution in [1.82, 2.24) is 0 Å². The number of hydrogen-bond donors (Lipinski definition) is 0. The Bertz CT molecular complexity index is 2820. The predicted molar refractivity (Wildman–Crippen MR) is 257 cm³/mol. The Labute approximate surface area is 353 Å². The molecule has 0 spiro atoms. The maximum absolute atomic E-state index is 5.96. The molecule has 5 aromatic heterocycles. The summed E-state index contributed by atoms with van der Waals surface area (Å²) in [5, 5.41) is 10.6. The third-order valence-electron chi connectivity index (χ3n) is 10.0. The largest absolute Gasteiger partial charge is 0.464 e. The third-order valence-corrected chi connectivity index (χ3v) is 12.0. The molecule has 0 saturated carbocycles. The van der Waals surface area contributed by atoms with Gasteiger partial charge in [-0.2, -0.15) is 0 Å². The van der Waals surface area contributed by atoms with Crippen LogP contribution in [-0.2, 0) is 6.42 Å². The van der Waals surface area contributed by atoms with Crippen LogP contribution in [0.15, 0.2) is 134 Å². The third kappa shape index (κ3) is 8.43. The Hall–Kier alpha value is -5.36. The van der Waals surface area contributed by atoms with Crippen molar-refractivity contribution >= 4 is 75.8 Å². The fourth-order valence-electron chi connectivity index (χ4n) is 7.38. The van der Waals surface area contributed by atoms with Gasteiger partial charge < -0.3 is 13.3 Å². The van der Waals surface area contributed by atoms with Crippen molar-refractivity contribution in [3.05, 3.63) is 154 Å². The van der Waals surface area contributed by atoms with E-state index in [2.05, 4.69) is 123 Å². The van der Waals surface area contributed by atoms with E-state index in [-0.39, 0.29) is 0 Å². The summed E-state index contributed by atoms with van der Waals surface area (Å²) in [6.45, 7) is 24.4. The zero-order valence-corrected chi connectivity index (χ0v) is 37.9. The van der Waals surface area contributed by atoms with Gasteiger partial charge in [0.2, 0.25) is 0 Å². The summed E-state index contributed by atoms with van der Waals surface area (Å²) in [7, 11) is 0. The summed E-state index contributed by atoms with van der Waals surface area (Å²) < 4.78 is 19.7. The molecule has 0 fully saturated rings. The zero-order chi connectivity index (χ0) is 41.9. The maximum atomic E-state index is 5.96. The average Bonchev–Trinajstić information content (AvgIpc) is 4.13. The van der Waals surface area contributed by atoms with Crippen molar-refractivity contribution in [3.63, 3.8) is 0 Å². The number of benzene rings is 5. The maximum Gasteiger partial charge on any atom is 0.141 e. The molecule has 0 aliphatic carbocycles. The molecule has 5 heteroatoms. The second-order valence-electron chi connectivity index (χ2n) is 13.1. The molecular weight excluding hydrogens is 749 g/mol. The summed E-state index contributed by atoms with van der Waals surface area (Å²) >= 11 is 3.64. The minimum Gasteiger partial charge on any atom is -0.464 e. The second-order valence-corrected chi connectivity index (χ2v) is 14.9. The van der Waals surface area contributed by atoms with Gasteiger partial charge in [0.15, 0.2) is 0 Å². The molecule has 0 unspecified atom stereocenters. The number of aryl methyl sites for hydroxylation is 4. The molecule has 3 nitrogen and oxygen atoms in total. The first kappa shape index (κ1) is 43.8. The van der Waals surface area contributed by atoms with E-state index in [1.807, 2.05) is 84.1 Å². The van der Waals surface area contributed by atoms with E-state index < -0.39 is 0 Å². The smallest absolute Gasteiger partial charge is 0.141 e. The van der Waals surface area contributed by atoms with Gasteiger partial charge in [0.1, 0.15) is 16.7 Å². The Kier molecular flexibility index (Phi) is 15.4. The molecule has 10 rings (SSSR count). The fraction of sp³-hybridized carbons (Fsp3) is 0.245. The van der Waals surface area contributed by atoms with Gasteiger partial charge in [0, 0.05) is 47.5 Å². The van der Waals surface area contributed by atoms with Crippen molar-refractivity contribution in [3.8, 4) is 22.3 Å². The van der Waals surface area contributed by atoms with Gasteiger partial charge >= 0.3 is 0 Å². The van der Waals surface area contributed by atoms with Crippen LogP contribution in [0.25, 0.3) is 75.3 Å². The summed E-state index contributed by atoms with van der Waals surface area (Å²) in [5.41, 5.74) is 15.5. The number of thiophene rings is 2. The summed E-state index contributed by atoms with van der Waals surface area (Å²) in [4.78, 5) is 0. The van der Waals surface area contributed by atoms with E-state index in [9.17, 15) is 0 Å². The molecule has 0 bridgehead atoms. The molecule has 0 radical (unpaired) electrons. The van der Waals surface area contributed by atoms with Gasteiger partial charge in [-0.1, -0.05) is 116 Å². The number of fused-ring (bicyclic) bond motifs is 5. The first-order valence-electron chi connectivity index (χ1n) is 20.8. The second kappa shape index (κ2) is 20.4. The van der Waals surface area contributed by atoms with Gasteiger partial charge in [-0.15, -0.1) is 22.7 Å². The van der Waals surface area contributed by atoms with Crippen LogP contribution < -0.4 is 0 Å². The molecule has 5 aromatic carbocycles. The molecule has 0 aliphatic heterocycles. The van der Waals surface area contributed by atoms with Crippen LogP contribution in [0.4, 0.5) is 0 Å². The highest BCUT2D eigenvalue weighted by Gasteiger charge is 2.18. The molecule has 0 aliphatic rings. The lowest BCUT2D eigenvalue weighted by molar-refractivity contribution is 0.613. The summed E-state index contributed by atoms with van der Waals surface area (Å²) in [6, 6.07) is 32.9. The highest BCUT2D eigenvalue weighted by molar-refractivity contribution is 7.18. The quantitative estimate of drug-likeness (QED) is 0.178. The monoisotopic (exact) mass is 806 g/mol.